The molecule has 2 aliphatic heterocycles. The molecule has 2 heterocycles. The number of amides is 3. The first kappa shape index (κ1) is 25.5. The van der Waals surface area contributed by atoms with Crippen LogP contribution < -0.4 is 0 Å². The number of piperidine rings is 1. The van der Waals surface area contributed by atoms with Crippen LogP contribution in [0.3, 0.4) is 0 Å². The summed E-state index contributed by atoms with van der Waals surface area (Å²) < 4.78 is 0. The number of piperazine rings is 1. The van der Waals surface area contributed by atoms with Gasteiger partial charge in [0.15, 0.2) is 0 Å². The van der Waals surface area contributed by atoms with E-state index < -0.39 is 0 Å². The SMILES string of the molecule is CC(C)N(C(=O)N1CCC(N2CCN(C(=O)c3c4ccccc4cc4ccccc34)CC2)CC1)C(C)C. The summed E-state index contributed by atoms with van der Waals surface area (Å²) in [7, 11) is 0. The van der Waals surface area contributed by atoms with Crippen LogP contribution in [0.1, 0.15) is 50.9 Å². The number of carbonyl (C=O) groups is 2. The molecule has 2 aliphatic rings. The predicted molar refractivity (Wildman–Crippen MR) is 151 cm³/mol. The first-order valence-electron chi connectivity index (χ1n) is 13.9. The lowest BCUT2D eigenvalue weighted by atomic mass is 9.95. The third-order valence-electron chi connectivity index (χ3n) is 8.17. The van der Waals surface area contributed by atoms with Gasteiger partial charge in [0.2, 0.25) is 0 Å². The van der Waals surface area contributed by atoms with E-state index in [1.807, 2.05) is 39.0 Å². The molecule has 0 saturated carbocycles. The van der Waals surface area contributed by atoms with Crippen LogP contribution in [-0.2, 0) is 0 Å². The number of nitrogens with zero attached hydrogens (tertiary/aromatic N) is 4. The molecule has 2 saturated heterocycles. The molecule has 2 fully saturated rings. The molecule has 0 aliphatic carbocycles. The highest BCUT2D eigenvalue weighted by atomic mass is 16.2. The summed E-state index contributed by atoms with van der Waals surface area (Å²) in [5, 5.41) is 4.28. The van der Waals surface area contributed by atoms with Crippen molar-refractivity contribution in [3.8, 4) is 0 Å². The average molecular weight is 501 g/mol. The molecule has 0 N–H and O–H groups in total. The van der Waals surface area contributed by atoms with E-state index >= 15 is 0 Å². The van der Waals surface area contributed by atoms with Gasteiger partial charge in [0.05, 0.1) is 5.56 Å². The lowest BCUT2D eigenvalue weighted by molar-refractivity contribution is 0.0447. The largest absolute Gasteiger partial charge is 0.336 e. The van der Waals surface area contributed by atoms with Crippen molar-refractivity contribution in [3.05, 3.63) is 60.2 Å². The minimum atomic E-state index is 0.135. The van der Waals surface area contributed by atoms with E-state index in [0.29, 0.717) is 6.04 Å². The lowest BCUT2D eigenvalue weighted by Gasteiger charge is -2.44. The molecule has 6 heteroatoms. The van der Waals surface area contributed by atoms with Gasteiger partial charge in [-0.1, -0.05) is 48.5 Å². The molecule has 0 radical (unpaired) electrons. The smallest absolute Gasteiger partial charge is 0.320 e. The van der Waals surface area contributed by atoms with Gasteiger partial charge < -0.3 is 14.7 Å². The van der Waals surface area contributed by atoms with Crippen molar-refractivity contribution >= 4 is 33.5 Å². The number of likely N-dealkylation sites (tertiary alicyclic amines) is 1. The van der Waals surface area contributed by atoms with Crippen molar-refractivity contribution in [1.82, 2.24) is 19.6 Å². The van der Waals surface area contributed by atoms with Gasteiger partial charge in [0.1, 0.15) is 0 Å². The van der Waals surface area contributed by atoms with Crippen molar-refractivity contribution in [2.24, 2.45) is 0 Å². The zero-order valence-corrected chi connectivity index (χ0v) is 22.7. The Morgan fingerprint density at radius 2 is 1.24 bits per heavy atom. The Morgan fingerprint density at radius 1 is 0.730 bits per heavy atom. The van der Waals surface area contributed by atoms with E-state index in [4.69, 9.17) is 0 Å². The summed E-state index contributed by atoms with van der Waals surface area (Å²) in [6.45, 7) is 13.2. The molecule has 6 nitrogen and oxygen atoms in total. The second kappa shape index (κ2) is 10.7. The maximum absolute atomic E-state index is 13.9. The van der Waals surface area contributed by atoms with E-state index in [-0.39, 0.29) is 24.0 Å². The Morgan fingerprint density at radius 3 is 1.76 bits per heavy atom. The lowest BCUT2D eigenvalue weighted by Crippen LogP contribution is -2.56. The summed E-state index contributed by atoms with van der Waals surface area (Å²) in [4.78, 5) is 35.5. The van der Waals surface area contributed by atoms with Gasteiger partial charge in [-0.15, -0.1) is 0 Å². The molecule has 0 atom stereocenters. The van der Waals surface area contributed by atoms with Gasteiger partial charge in [0.25, 0.3) is 5.91 Å². The van der Waals surface area contributed by atoms with Gasteiger partial charge in [-0.05, 0) is 68.1 Å². The van der Waals surface area contributed by atoms with Gasteiger partial charge in [-0.2, -0.15) is 0 Å². The van der Waals surface area contributed by atoms with Crippen LogP contribution in [0.4, 0.5) is 4.79 Å². The van der Waals surface area contributed by atoms with E-state index in [9.17, 15) is 9.59 Å². The number of benzene rings is 3. The molecule has 3 aromatic carbocycles. The van der Waals surface area contributed by atoms with Gasteiger partial charge >= 0.3 is 6.03 Å². The summed E-state index contributed by atoms with van der Waals surface area (Å²) in [6, 6.07) is 19.7. The third-order valence-corrected chi connectivity index (χ3v) is 8.17. The number of hydrogen-bond donors (Lipinski definition) is 0. The molecule has 3 aromatic rings. The first-order chi connectivity index (χ1) is 17.8. The Bertz CT molecular complexity index is 1210. The van der Waals surface area contributed by atoms with Crippen LogP contribution in [0.25, 0.3) is 21.5 Å². The zero-order chi connectivity index (χ0) is 26.1. The maximum atomic E-state index is 13.9. The fraction of sp³-hybridized carbons (Fsp3) is 0.484. The van der Waals surface area contributed by atoms with Crippen LogP contribution in [-0.4, -0.2) is 88.9 Å². The normalized spacial score (nSPS) is 17.8. The Hall–Kier alpha value is -3.12. The van der Waals surface area contributed by atoms with Crippen LogP contribution in [0, 0.1) is 0 Å². The number of urea groups is 1. The van der Waals surface area contributed by atoms with Crippen molar-refractivity contribution in [3.63, 3.8) is 0 Å². The molecule has 5 rings (SSSR count). The van der Waals surface area contributed by atoms with Crippen LogP contribution in [0.15, 0.2) is 54.6 Å². The maximum Gasteiger partial charge on any atom is 0.320 e. The average Bonchev–Trinajstić information content (AvgIpc) is 2.91. The topological polar surface area (TPSA) is 47.1 Å². The summed E-state index contributed by atoms with van der Waals surface area (Å²) >= 11 is 0. The summed E-state index contributed by atoms with van der Waals surface area (Å²) in [5.41, 5.74) is 0.828. The van der Waals surface area contributed by atoms with Crippen molar-refractivity contribution in [2.75, 3.05) is 39.3 Å². The quantitative estimate of drug-likeness (QED) is 0.447. The summed E-state index contributed by atoms with van der Waals surface area (Å²) in [6.07, 6.45) is 2.00. The molecule has 0 spiro atoms. The highest BCUT2D eigenvalue weighted by Crippen LogP contribution is 2.30. The van der Waals surface area contributed by atoms with Gasteiger partial charge in [-0.25, -0.2) is 4.79 Å². The Labute approximate surface area is 220 Å². The summed E-state index contributed by atoms with van der Waals surface area (Å²) in [5.74, 6) is 0.135. The predicted octanol–water partition coefficient (Wildman–Crippen LogP) is 5.45. The van der Waals surface area contributed by atoms with E-state index in [2.05, 4.69) is 62.9 Å². The molecule has 196 valence electrons. The molecule has 0 aromatic heterocycles. The number of rotatable bonds is 4. The minimum absolute atomic E-state index is 0.135. The number of hydrogen-bond acceptors (Lipinski definition) is 3. The Balaban J connectivity index is 1.23. The molecule has 3 amide bonds. The first-order valence-corrected chi connectivity index (χ1v) is 13.9. The van der Waals surface area contributed by atoms with Crippen LogP contribution >= 0.6 is 0 Å². The fourth-order valence-corrected chi connectivity index (χ4v) is 6.32. The highest BCUT2D eigenvalue weighted by Gasteiger charge is 2.33. The molecular weight excluding hydrogens is 460 g/mol. The van der Waals surface area contributed by atoms with E-state index in [1.165, 1.54) is 0 Å². The van der Waals surface area contributed by atoms with Gasteiger partial charge in [-0.3, -0.25) is 9.69 Å². The highest BCUT2D eigenvalue weighted by molar-refractivity contribution is 6.18. The fourth-order valence-electron chi connectivity index (χ4n) is 6.32. The van der Waals surface area contributed by atoms with Crippen LogP contribution in [0.5, 0.6) is 0 Å². The second-order valence-electron chi connectivity index (χ2n) is 11.1. The van der Waals surface area contributed by atoms with E-state index in [1.54, 1.807) is 0 Å². The van der Waals surface area contributed by atoms with Crippen molar-refractivity contribution in [2.45, 2.75) is 58.7 Å². The Kier molecular flexibility index (Phi) is 7.38. The van der Waals surface area contributed by atoms with Crippen LogP contribution in [0.2, 0.25) is 0 Å². The number of fused-ring (bicyclic) bond motifs is 2. The monoisotopic (exact) mass is 500 g/mol. The third kappa shape index (κ3) is 5.04. The minimum Gasteiger partial charge on any atom is -0.336 e. The standard InChI is InChI=1S/C31H40N4O2/c1-22(2)35(23(3)4)31(37)34-15-13-26(14-16-34)32-17-19-33(20-18-32)30(36)29-27-11-7-5-9-24(27)21-25-10-6-8-12-28(25)29/h5-12,21-23,26H,13-20H2,1-4H3. The van der Waals surface area contributed by atoms with E-state index in [0.717, 1.165) is 79.2 Å². The zero-order valence-electron chi connectivity index (χ0n) is 22.7. The second-order valence-corrected chi connectivity index (χ2v) is 11.1. The van der Waals surface area contributed by atoms with Crippen molar-refractivity contribution in [1.29, 1.82) is 0 Å². The molecule has 37 heavy (non-hydrogen) atoms. The molecule has 0 bridgehead atoms. The van der Waals surface area contributed by atoms with Gasteiger partial charge in [0, 0.05) is 57.4 Å². The number of carbonyl (C=O) groups excluding carboxylic acids is 2. The molecular formula is C31H40N4O2. The molecule has 0 unspecified atom stereocenters. The van der Waals surface area contributed by atoms with Crippen molar-refractivity contribution < 1.29 is 9.59 Å².